The molecule has 7 nitrogen and oxygen atoms in total. The van der Waals surface area contributed by atoms with Gasteiger partial charge in [0.2, 0.25) is 0 Å². The van der Waals surface area contributed by atoms with Crippen molar-refractivity contribution in [2.45, 2.75) is 0 Å². The van der Waals surface area contributed by atoms with Gasteiger partial charge in [0, 0.05) is 13.1 Å². The maximum absolute atomic E-state index is 12.4. The van der Waals surface area contributed by atoms with Crippen molar-refractivity contribution in [2.24, 2.45) is 0 Å². The largest absolute Gasteiger partial charge is 0.478 e. The first-order valence-corrected chi connectivity index (χ1v) is 7.75. The lowest BCUT2D eigenvalue weighted by Crippen LogP contribution is -2.31. The SMILES string of the molecule is CN(C)CCNC(=O)c1cccc2c1Oc1c(cccc1C(=O)O)O2. The number of ether oxygens (including phenoxy) is 2. The second-order valence-electron chi connectivity index (χ2n) is 5.83. The third-order valence-corrected chi connectivity index (χ3v) is 3.70. The number of carbonyl (C=O) groups is 2. The molecule has 0 unspecified atom stereocenters. The number of rotatable bonds is 5. The molecule has 0 saturated carbocycles. The van der Waals surface area contributed by atoms with Crippen LogP contribution in [0, 0.1) is 0 Å². The highest BCUT2D eigenvalue weighted by molar-refractivity contribution is 5.99. The van der Waals surface area contributed by atoms with E-state index in [1.807, 2.05) is 19.0 Å². The fourth-order valence-electron chi connectivity index (χ4n) is 2.46. The summed E-state index contributed by atoms with van der Waals surface area (Å²) >= 11 is 0. The molecule has 130 valence electrons. The number of likely N-dealkylation sites (N-methyl/N-ethyl adjacent to an activating group) is 1. The van der Waals surface area contributed by atoms with Crippen LogP contribution < -0.4 is 14.8 Å². The highest BCUT2D eigenvalue weighted by Crippen LogP contribution is 2.48. The van der Waals surface area contributed by atoms with Crippen molar-refractivity contribution in [1.29, 1.82) is 0 Å². The molecule has 0 aromatic heterocycles. The van der Waals surface area contributed by atoms with Gasteiger partial charge in [-0.25, -0.2) is 4.79 Å². The Balaban J connectivity index is 1.91. The average Bonchev–Trinajstić information content (AvgIpc) is 2.58. The third kappa shape index (κ3) is 3.41. The van der Waals surface area contributed by atoms with Crippen molar-refractivity contribution in [1.82, 2.24) is 10.2 Å². The lowest BCUT2D eigenvalue weighted by molar-refractivity contribution is 0.0693. The molecule has 0 spiro atoms. The van der Waals surface area contributed by atoms with Gasteiger partial charge in [-0.05, 0) is 38.4 Å². The van der Waals surface area contributed by atoms with Gasteiger partial charge in [-0.15, -0.1) is 0 Å². The summed E-state index contributed by atoms with van der Waals surface area (Å²) in [6, 6.07) is 9.59. The van der Waals surface area contributed by atoms with Crippen LogP contribution in [-0.2, 0) is 0 Å². The van der Waals surface area contributed by atoms with E-state index in [9.17, 15) is 14.7 Å². The molecule has 0 radical (unpaired) electrons. The monoisotopic (exact) mass is 342 g/mol. The summed E-state index contributed by atoms with van der Waals surface area (Å²) in [5.41, 5.74) is 0.271. The van der Waals surface area contributed by atoms with Crippen molar-refractivity contribution in [2.75, 3.05) is 27.2 Å². The zero-order valence-corrected chi connectivity index (χ0v) is 13.9. The second kappa shape index (κ2) is 6.82. The molecule has 2 N–H and O–H groups in total. The first kappa shape index (κ1) is 16.8. The molecular formula is C18H18N2O5. The molecule has 2 aromatic rings. The van der Waals surface area contributed by atoms with Gasteiger partial charge >= 0.3 is 5.97 Å². The minimum absolute atomic E-state index is 0.0223. The predicted octanol–water partition coefficient (Wildman–Crippen LogP) is 2.57. The van der Waals surface area contributed by atoms with Crippen molar-refractivity contribution in [3.05, 3.63) is 47.5 Å². The summed E-state index contributed by atoms with van der Waals surface area (Å²) in [6.45, 7) is 1.18. The Kier molecular flexibility index (Phi) is 4.58. The van der Waals surface area contributed by atoms with E-state index in [1.54, 1.807) is 30.3 Å². The first-order valence-electron chi connectivity index (χ1n) is 7.75. The number of benzene rings is 2. The maximum Gasteiger partial charge on any atom is 0.339 e. The van der Waals surface area contributed by atoms with Crippen molar-refractivity contribution in [3.8, 4) is 23.0 Å². The fraction of sp³-hybridized carbons (Fsp3) is 0.222. The number of fused-ring (bicyclic) bond motifs is 2. The molecule has 1 aliphatic rings. The van der Waals surface area contributed by atoms with Gasteiger partial charge in [0.15, 0.2) is 23.0 Å². The molecule has 3 rings (SSSR count). The van der Waals surface area contributed by atoms with Gasteiger partial charge in [0.25, 0.3) is 5.91 Å². The number of hydrogen-bond acceptors (Lipinski definition) is 5. The van der Waals surface area contributed by atoms with E-state index in [-0.39, 0.29) is 23.0 Å². The number of hydrogen-bond donors (Lipinski definition) is 2. The van der Waals surface area contributed by atoms with E-state index in [2.05, 4.69) is 5.32 Å². The third-order valence-electron chi connectivity index (χ3n) is 3.70. The Morgan fingerprint density at radius 2 is 1.60 bits per heavy atom. The van der Waals surface area contributed by atoms with E-state index < -0.39 is 5.97 Å². The Labute approximate surface area is 144 Å². The molecular weight excluding hydrogens is 324 g/mol. The molecule has 0 atom stereocenters. The predicted molar refractivity (Wildman–Crippen MR) is 90.9 cm³/mol. The Morgan fingerprint density at radius 1 is 1.00 bits per heavy atom. The molecule has 0 aliphatic carbocycles. The number of carboxylic acids is 1. The second-order valence-corrected chi connectivity index (χ2v) is 5.83. The Hall–Kier alpha value is -3.06. The van der Waals surface area contributed by atoms with Crippen LogP contribution in [0.1, 0.15) is 20.7 Å². The Morgan fingerprint density at radius 3 is 2.20 bits per heavy atom. The van der Waals surface area contributed by atoms with Crippen LogP contribution in [0.5, 0.6) is 23.0 Å². The Bertz CT molecular complexity index is 832. The molecule has 1 amide bonds. The number of aromatic carboxylic acids is 1. The normalized spacial score (nSPS) is 11.8. The summed E-state index contributed by atoms with van der Waals surface area (Å²) in [5.74, 6) is -0.453. The van der Waals surface area contributed by atoms with E-state index in [0.717, 1.165) is 0 Å². The summed E-state index contributed by atoms with van der Waals surface area (Å²) in [5, 5.41) is 12.1. The molecule has 0 fully saturated rings. The number of amides is 1. The van der Waals surface area contributed by atoms with E-state index >= 15 is 0 Å². The van der Waals surface area contributed by atoms with Gasteiger partial charge < -0.3 is 24.8 Å². The molecule has 1 aliphatic heterocycles. The molecule has 2 aromatic carbocycles. The summed E-state index contributed by atoms with van der Waals surface area (Å²) in [6.07, 6.45) is 0. The molecule has 0 bridgehead atoms. The van der Waals surface area contributed by atoms with Crippen LogP contribution in [0.2, 0.25) is 0 Å². The number of carbonyl (C=O) groups excluding carboxylic acids is 1. The van der Waals surface area contributed by atoms with Crippen LogP contribution in [0.25, 0.3) is 0 Å². The van der Waals surface area contributed by atoms with Gasteiger partial charge in [-0.2, -0.15) is 0 Å². The minimum Gasteiger partial charge on any atom is -0.478 e. The lowest BCUT2D eigenvalue weighted by atomic mass is 10.1. The van der Waals surface area contributed by atoms with Crippen LogP contribution in [0.15, 0.2) is 36.4 Å². The van der Waals surface area contributed by atoms with Crippen LogP contribution in [0.4, 0.5) is 0 Å². The van der Waals surface area contributed by atoms with Gasteiger partial charge in [0.1, 0.15) is 5.56 Å². The smallest absolute Gasteiger partial charge is 0.339 e. The van der Waals surface area contributed by atoms with Crippen molar-refractivity contribution < 1.29 is 24.2 Å². The van der Waals surface area contributed by atoms with Crippen molar-refractivity contribution in [3.63, 3.8) is 0 Å². The lowest BCUT2D eigenvalue weighted by Gasteiger charge is -2.23. The van der Waals surface area contributed by atoms with Gasteiger partial charge in [-0.3, -0.25) is 4.79 Å². The first-order chi connectivity index (χ1) is 12.0. The minimum atomic E-state index is -1.13. The highest BCUT2D eigenvalue weighted by atomic mass is 16.6. The summed E-state index contributed by atoms with van der Waals surface area (Å²) < 4.78 is 11.5. The fourth-order valence-corrected chi connectivity index (χ4v) is 2.46. The molecule has 1 heterocycles. The molecule has 7 heteroatoms. The van der Waals surface area contributed by atoms with Crippen LogP contribution >= 0.6 is 0 Å². The van der Waals surface area contributed by atoms with E-state index in [1.165, 1.54) is 6.07 Å². The van der Waals surface area contributed by atoms with Gasteiger partial charge in [-0.1, -0.05) is 12.1 Å². The topological polar surface area (TPSA) is 88.1 Å². The number of carboxylic acid groups (broad SMARTS) is 1. The van der Waals surface area contributed by atoms with Gasteiger partial charge in [0.05, 0.1) is 5.56 Å². The van der Waals surface area contributed by atoms with Crippen LogP contribution in [0.3, 0.4) is 0 Å². The quantitative estimate of drug-likeness (QED) is 0.741. The number of nitrogens with one attached hydrogen (secondary N) is 1. The standard InChI is InChI=1S/C18H18N2O5/c1-20(2)10-9-19-17(21)11-5-3-7-13-15(11)25-16-12(18(22)23)6-4-8-14(16)24-13/h3-8H,9-10H2,1-2H3,(H,19,21)(H,22,23). The average molecular weight is 342 g/mol. The highest BCUT2D eigenvalue weighted by Gasteiger charge is 2.28. The van der Waals surface area contributed by atoms with Crippen LogP contribution in [-0.4, -0.2) is 49.1 Å². The molecule has 25 heavy (non-hydrogen) atoms. The molecule has 0 saturated heterocycles. The number of nitrogens with zero attached hydrogens (tertiary/aromatic N) is 1. The van der Waals surface area contributed by atoms with E-state index in [4.69, 9.17) is 9.47 Å². The number of para-hydroxylation sites is 2. The maximum atomic E-state index is 12.4. The van der Waals surface area contributed by atoms with E-state index in [0.29, 0.717) is 30.2 Å². The zero-order chi connectivity index (χ0) is 18.0. The van der Waals surface area contributed by atoms with Crippen molar-refractivity contribution >= 4 is 11.9 Å². The zero-order valence-electron chi connectivity index (χ0n) is 13.9. The summed E-state index contributed by atoms with van der Waals surface area (Å²) in [7, 11) is 3.83. The summed E-state index contributed by atoms with van der Waals surface area (Å²) in [4.78, 5) is 25.8.